The zero-order valence-electron chi connectivity index (χ0n) is 11.8. The van der Waals surface area contributed by atoms with Crippen LogP contribution in [0.5, 0.6) is 0 Å². The van der Waals surface area contributed by atoms with E-state index < -0.39 is 0 Å². The van der Waals surface area contributed by atoms with Crippen molar-refractivity contribution in [1.82, 2.24) is 0 Å². The first-order chi connectivity index (χ1) is 10.2. The molecule has 4 N–H and O–H groups in total. The maximum absolute atomic E-state index is 5.96. The number of hydrogen-bond donors (Lipinski definition) is 2. The average molecular weight is 274 g/mol. The second-order valence-electron chi connectivity index (χ2n) is 5.20. The fourth-order valence-electron chi connectivity index (χ4n) is 2.52. The number of nitrogen functional groups attached to an aromatic ring is 2. The molecule has 0 aliphatic rings. The van der Waals surface area contributed by atoms with Crippen molar-refractivity contribution in [2.75, 3.05) is 11.5 Å². The quantitative estimate of drug-likeness (QED) is 0.706. The van der Waals surface area contributed by atoms with Crippen molar-refractivity contribution in [1.29, 1.82) is 0 Å². The van der Waals surface area contributed by atoms with Crippen LogP contribution < -0.4 is 11.5 Å². The van der Waals surface area contributed by atoms with E-state index in [4.69, 9.17) is 11.5 Å². The van der Waals surface area contributed by atoms with Gasteiger partial charge in [-0.2, -0.15) is 0 Å². The molecule has 0 heterocycles. The van der Waals surface area contributed by atoms with Crippen LogP contribution in [0.4, 0.5) is 11.4 Å². The predicted octanol–water partition coefficient (Wildman–Crippen LogP) is 4.11. The van der Waals surface area contributed by atoms with Crippen LogP contribution in [0.2, 0.25) is 0 Å². The van der Waals surface area contributed by atoms with Gasteiger partial charge in [-0.15, -0.1) is 0 Å². The smallest absolute Gasteiger partial charge is 0.0317 e. The van der Waals surface area contributed by atoms with Crippen molar-refractivity contribution in [2.45, 2.75) is 6.42 Å². The second-order valence-corrected chi connectivity index (χ2v) is 5.20. The van der Waals surface area contributed by atoms with Crippen molar-refractivity contribution in [2.24, 2.45) is 0 Å². The molecule has 2 heteroatoms. The maximum Gasteiger partial charge on any atom is 0.0317 e. The molecule has 0 atom stereocenters. The minimum absolute atomic E-state index is 0.777. The molecule has 0 aliphatic carbocycles. The summed E-state index contributed by atoms with van der Waals surface area (Å²) in [6.07, 6.45) is 0.867. The van der Waals surface area contributed by atoms with E-state index in [2.05, 4.69) is 48.5 Å². The Bertz CT molecular complexity index is 731. The molecule has 0 bridgehead atoms. The van der Waals surface area contributed by atoms with Crippen molar-refractivity contribution >= 4 is 11.4 Å². The van der Waals surface area contributed by atoms with Crippen LogP contribution in [0, 0.1) is 0 Å². The van der Waals surface area contributed by atoms with Crippen LogP contribution in [0.25, 0.3) is 11.1 Å². The van der Waals surface area contributed by atoms with Gasteiger partial charge in [0.2, 0.25) is 0 Å². The van der Waals surface area contributed by atoms with Gasteiger partial charge in [0, 0.05) is 11.4 Å². The minimum Gasteiger partial charge on any atom is -0.399 e. The lowest BCUT2D eigenvalue weighted by Crippen LogP contribution is -1.95. The van der Waals surface area contributed by atoms with Crippen LogP contribution in [0.3, 0.4) is 0 Å². The zero-order valence-corrected chi connectivity index (χ0v) is 11.8. The SMILES string of the molecule is Nc1ccc(-c2ccc(N)cc2Cc2ccccc2)cc1. The summed E-state index contributed by atoms with van der Waals surface area (Å²) >= 11 is 0. The summed E-state index contributed by atoms with van der Waals surface area (Å²) in [5, 5.41) is 0. The molecule has 3 aromatic rings. The fraction of sp³-hybridized carbons (Fsp3) is 0.0526. The monoisotopic (exact) mass is 274 g/mol. The summed E-state index contributed by atoms with van der Waals surface area (Å²) in [7, 11) is 0. The van der Waals surface area contributed by atoms with Crippen molar-refractivity contribution in [3.8, 4) is 11.1 Å². The van der Waals surface area contributed by atoms with E-state index in [1.54, 1.807) is 0 Å². The molecule has 104 valence electrons. The van der Waals surface area contributed by atoms with Gasteiger partial charge < -0.3 is 11.5 Å². The van der Waals surface area contributed by atoms with E-state index in [-0.39, 0.29) is 0 Å². The molecule has 0 spiro atoms. The first kappa shape index (κ1) is 13.3. The molecular weight excluding hydrogens is 256 g/mol. The first-order valence-electron chi connectivity index (χ1n) is 7.00. The molecule has 0 unspecified atom stereocenters. The molecule has 0 saturated carbocycles. The zero-order chi connectivity index (χ0) is 14.7. The highest BCUT2D eigenvalue weighted by molar-refractivity contribution is 5.71. The number of benzene rings is 3. The van der Waals surface area contributed by atoms with Gasteiger partial charge in [0.25, 0.3) is 0 Å². The lowest BCUT2D eigenvalue weighted by Gasteiger charge is -2.11. The van der Waals surface area contributed by atoms with Crippen LogP contribution in [-0.2, 0) is 6.42 Å². The number of hydrogen-bond acceptors (Lipinski definition) is 2. The molecule has 0 aliphatic heterocycles. The molecule has 0 radical (unpaired) electrons. The maximum atomic E-state index is 5.96. The van der Waals surface area contributed by atoms with Gasteiger partial charge in [0.15, 0.2) is 0 Å². The molecule has 0 saturated heterocycles. The number of nitrogens with two attached hydrogens (primary N) is 2. The highest BCUT2D eigenvalue weighted by Crippen LogP contribution is 2.28. The van der Waals surface area contributed by atoms with Crippen LogP contribution in [0.1, 0.15) is 11.1 Å². The van der Waals surface area contributed by atoms with Crippen LogP contribution in [0.15, 0.2) is 72.8 Å². The Hall–Kier alpha value is -2.74. The van der Waals surface area contributed by atoms with E-state index in [1.165, 1.54) is 16.7 Å². The van der Waals surface area contributed by atoms with Gasteiger partial charge >= 0.3 is 0 Å². The third-order valence-electron chi connectivity index (χ3n) is 3.59. The van der Waals surface area contributed by atoms with Crippen molar-refractivity contribution in [3.63, 3.8) is 0 Å². The van der Waals surface area contributed by atoms with Gasteiger partial charge in [0.1, 0.15) is 0 Å². The number of rotatable bonds is 3. The van der Waals surface area contributed by atoms with Gasteiger partial charge in [-0.05, 0) is 52.9 Å². The number of anilines is 2. The molecule has 0 fully saturated rings. The van der Waals surface area contributed by atoms with Crippen molar-refractivity contribution in [3.05, 3.63) is 83.9 Å². The summed E-state index contributed by atoms with van der Waals surface area (Å²) in [5.74, 6) is 0. The molecular formula is C19H18N2. The third-order valence-corrected chi connectivity index (χ3v) is 3.59. The Morgan fingerprint density at radius 3 is 2.05 bits per heavy atom. The molecule has 0 aromatic heterocycles. The standard InChI is InChI=1S/C19H18N2/c20-17-8-6-15(7-9-17)19-11-10-18(21)13-16(19)12-14-4-2-1-3-5-14/h1-11,13H,12,20-21H2. The topological polar surface area (TPSA) is 52.0 Å². The Morgan fingerprint density at radius 1 is 0.667 bits per heavy atom. The highest BCUT2D eigenvalue weighted by Gasteiger charge is 2.07. The third kappa shape index (κ3) is 3.06. The predicted molar refractivity (Wildman–Crippen MR) is 90.0 cm³/mol. The minimum atomic E-state index is 0.777. The Morgan fingerprint density at radius 2 is 1.33 bits per heavy atom. The Balaban J connectivity index is 2.03. The molecule has 2 nitrogen and oxygen atoms in total. The van der Waals surface area contributed by atoms with E-state index >= 15 is 0 Å². The van der Waals surface area contributed by atoms with Gasteiger partial charge in [-0.25, -0.2) is 0 Å². The van der Waals surface area contributed by atoms with Gasteiger partial charge in [-0.1, -0.05) is 48.5 Å². The summed E-state index contributed by atoms with van der Waals surface area (Å²) in [4.78, 5) is 0. The molecule has 3 aromatic carbocycles. The second kappa shape index (κ2) is 5.71. The molecule has 0 amide bonds. The van der Waals surface area contributed by atoms with E-state index in [1.807, 2.05) is 24.3 Å². The van der Waals surface area contributed by atoms with Crippen LogP contribution >= 0.6 is 0 Å². The molecule has 21 heavy (non-hydrogen) atoms. The van der Waals surface area contributed by atoms with E-state index in [9.17, 15) is 0 Å². The van der Waals surface area contributed by atoms with E-state index in [0.29, 0.717) is 0 Å². The van der Waals surface area contributed by atoms with Gasteiger partial charge in [0.05, 0.1) is 0 Å². The summed E-state index contributed by atoms with van der Waals surface area (Å²) < 4.78 is 0. The molecule has 3 rings (SSSR count). The Labute approximate surface area is 125 Å². The summed E-state index contributed by atoms with van der Waals surface area (Å²) in [5.41, 5.74) is 18.2. The van der Waals surface area contributed by atoms with Crippen molar-refractivity contribution < 1.29 is 0 Å². The normalized spacial score (nSPS) is 10.5. The largest absolute Gasteiger partial charge is 0.399 e. The van der Waals surface area contributed by atoms with E-state index in [0.717, 1.165) is 23.4 Å². The average Bonchev–Trinajstić information content (AvgIpc) is 2.50. The van der Waals surface area contributed by atoms with Gasteiger partial charge in [-0.3, -0.25) is 0 Å². The lowest BCUT2D eigenvalue weighted by atomic mass is 9.94. The summed E-state index contributed by atoms with van der Waals surface area (Å²) in [6.45, 7) is 0. The highest BCUT2D eigenvalue weighted by atomic mass is 14.5. The summed E-state index contributed by atoms with van der Waals surface area (Å²) in [6, 6.07) is 24.5. The Kier molecular flexibility index (Phi) is 3.61. The fourth-order valence-corrected chi connectivity index (χ4v) is 2.52. The lowest BCUT2D eigenvalue weighted by molar-refractivity contribution is 1.20. The first-order valence-corrected chi connectivity index (χ1v) is 7.00. The van der Waals surface area contributed by atoms with Crippen LogP contribution in [-0.4, -0.2) is 0 Å².